The Labute approximate surface area is 121 Å². The van der Waals surface area contributed by atoms with Crippen LogP contribution in [0.1, 0.15) is 22.8 Å². The molecule has 0 aliphatic heterocycles. The van der Waals surface area contributed by atoms with Crippen molar-refractivity contribution in [3.8, 4) is 5.75 Å². The predicted octanol–water partition coefficient (Wildman–Crippen LogP) is 3.19. The zero-order valence-corrected chi connectivity index (χ0v) is 11.5. The zero-order valence-electron chi connectivity index (χ0n) is 11.5. The normalized spacial score (nSPS) is 10.7. The van der Waals surface area contributed by atoms with Gasteiger partial charge in [-0.15, -0.1) is 0 Å². The maximum absolute atomic E-state index is 11.6. The van der Waals surface area contributed by atoms with Crippen LogP contribution in [0, 0.1) is 0 Å². The van der Waals surface area contributed by atoms with Gasteiger partial charge in [-0.2, -0.15) is 4.98 Å². The van der Waals surface area contributed by atoms with E-state index in [0.29, 0.717) is 29.0 Å². The molecule has 5 nitrogen and oxygen atoms in total. The molecule has 0 amide bonds. The number of anilines is 1. The van der Waals surface area contributed by atoms with Crippen molar-refractivity contribution in [3.63, 3.8) is 0 Å². The van der Waals surface area contributed by atoms with Crippen molar-refractivity contribution in [2.75, 3.05) is 5.73 Å². The average molecular weight is 282 g/mol. The van der Waals surface area contributed by atoms with E-state index in [2.05, 4.69) is 4.98 Å². The van der Waals surface area contributed by atoms with Gasteiger partial charge in [-0.25, -0.2) is 0 Å². The number of nitrogen functional groups attached to an aromatic ring is 1. The number of Topliss-reactive ketones (excluding diaryl/α,β-unsaturated/α-hetero) is 1. The summed E-state index contributed by atoms with van der Waals surface area (Å²) in [6.45, 7) is 1.88. The number of oxazole rings is 1. The molecule has 0 saturated carbocycles. The van der Waals surface area contributed by atoms with Crippen LogP contribution < -0.4 is 10.5 Å². The first-order valence-corrected chi connectivity index (χ1v) is 6.52. The molecule has 0 radical (unpaired) electrons. The number of hydrogen-bond donors (Lipinski definition) is 1. The second kappa shape index (κ2) is 5.28. The number of rotatable bonds is 4. The molecule has 0 spiro atoms. The maximum atomic E-state index is 11.6. The minimum Gasteiger partial charge on any atom is -0.486 e. The molecule has 0 fully saturated rings. The number of carbonyl (C=O) groups is 1. The van der Waals surface area contributed by atoms with Gasteiger partial charge in [0.1, 0.15) is 12.4 Å². The maximum Gasteiger partial charge on any atom is 0.293 e. The SMILES string of the molecule is CC(=O)c1ccc(OCc2ccccc2)c2nc(N)oc12. The van der Waals surface area contributed by atoms with Crippen molar-refractivity contribution in [2.24, 2.45) is 0 Å². The van der Waals surface area contributed by atoms with Crippen LogP contribution in [0.4, 0.5) is 6.01 Å². The van der Waals surface area contributed by atoms with Gasteiger partial charge < -0.3 is 14.9 Å². The largest absolute Gasteiger partial charge is 0.486 e. The van der Waals surface area contributed by atoms with Crippen LogP contribution in [-0.2, 0) is 6.61 Å². The third-order valence-corrected chi connectivity index (χ3v) is 3.14. The lowest BCUT2D eigenvalue weighted by Gasteiger charge is -2.07. The van der Waals surface area contributed by atoms with Gasteiger partial charge in [-0.05, 0) is 24.6 Å². The lowest BCUT2D eigenvalue weighted by Crippen LogP contribution is -1.98. The topological polar surface area (TPSA) is 78.3 Å². The highest BCUT2D eigenvalue weighted by Gasteiger charge is 2.16. The van der Waals surface area contributed by atoms with E-state index in [1.54, 1.807) is 12.1 Å². The third kappa shape index (κ3) is 2.58. The summed E-state index contributed by atoms with van der Waals surface area (Å²) in [5, 5.41) is 0. The van der Waals surface area contributed by atoms with Gasteiger partial charge in [0, 0.05) is 0 Å². The second-order valence-corrected chi connectivity index (χ2v) is 4.67. The molecule has 5 heteroatoms. The highest BCUT2D eigenvalue weighted by molar-refractivity contribution is 6.05. The number of fused-ring (bicyclic) bond motifs is 1. The molecule has 0 unspecified atom stereocenters. The molecule has 3 rings (SSSR count). The van der Waals surface area contributed by atoms with Crippen LogP contribution in [0.2, 0.25) is 0 Å². The van der Waals surface area contributed by atoms with Gasteiger partial charge >= 0.3 is 0 Å². The highest BCUT2D eigenvalue weighted by Crippen LogP contribution is 2.30. The number of aromatic nitrogens is 1. The lowest BCUT2D eigenvalue weighted by molar-refractivity contribution is 0.101. The van der Waals surface area contributed by atoms with E-state index in [-0.39, 0.29) is 11.8 Å². The van der Waals surface area contributed by atoms with E-state index in [9.17, 15) is 4.79 Å². The van der Waals surface area contributed by atoms with E-state index in [1.165, 1.54) is 6.92 Å². The monoisotopic (exact) mass is 282 g/mol. The minimum atomic E-state index is -0.106. The molecule has 0 atom stereocenters. The smallest absolute Gasteiger partial charge is 0.293 e. The van der Waals surface area contributed by atoms with Crippen LogP contribution >= 0.6 is 0 Å². The molecule has 2 aromatic carbocycles. The number of nitrogens with zero attached hydrogens (tertiary/aromatic N) is 1. The molecular weight excluding hydrogens is 268 g/mol. The molecule has 1 aromatic heterocycles. The molecule has 0 saturated heterocycles. The molecule has 0 aliphatic carbocycles. The molecule has 21 heavy (non-hydrogen) atoms. The summed E-state index contributed by atoms with van der Waals surface area (Å²) in [6.07, 6.45) is 0. The molecule has 2 N–H and O–H groups in total. The van der Waals surface area contributed by atoms with Crippen molar-refractivity contribution in [2.45, 2.75) is 13.5 Å². The second-order valence-electron chi connectivity index (χ2n) is 4.67. The van der Waals surface area contributed by atoms with Crippen LogP contribution in [-0.4, -0.2) is 10.8 Å². The van der Waals surface area contributed by atoms with Gasteiger partial charge in [-0.1, -0.05) is 30.3 Å². The Morgan fingerprint density at radius 3 is 2.71 bits per heavy atom. The molecule has 3 aromatic rings. The van der Waals surface area contributed by atoms with E-state index in [4.69, 9.17) is 14.9 Å². The first-order valence-electron chi connectivity index (χ1n) is 6.52. The summed E-state index contributed by atoms with van der Waals surface area (Å²) in [5.74, 6) is 0.435. The van der Waals surface area contributed by atoms with Crippen LogP contribution in [0.25, 0.3) is 11.1 Å². The molecule has 0 aliphatic rings. The first-order chi connectivity index (χ1) is 10.1. The molecule has 1 heterocycles. The van der Waals surface area contributed by atoms with Gasteiger partial charge in [0.2, 0.25) is 0 Å². The summed E-state index contributed by atoms with van der Waals surface area (Å²) in [4.78, 5) is 15.7. The lowest BCUT2D eigenvalue weighted by atomic mass is 10.1. The van der Waals surface area contributed by atoms with E-state index < -0.39 is 0 Å². The molecule has 0 bridgehead atoms. The predicted molar refractivity (Wildman–Crippen MR) is 79.2 cm³/mol. The Balaban J connectivity index is 1.96. The van der Waals surface area contributed by atoms with Crippen molar-refractivity contribution >= 4 is 22.9 Å². The average Bonchev–Trinajstić information content (AvgIpc) is 2.86. The Morgan fingerprint density at radius 1 is 1.24 bits per heavy atom. The van der Waals surface area contributed by atoms with Crippen molar-refractivity contribution in [1.29, 1.82) is 0 Å². The fraction of sp³-hybridized carbons (Fsp3) is 0.125. The Bertz CT molecular complexity index is 794. The highest BCUT2D eigenvalue weighted by atomic mass is 16.5. The van der Waals surface area contributed by atoms with Crippen molar-refractivity contribution < 1.29 is 13.9 Å². The summed E-state index contributed by atoms with van der Waals surface area (Å²) >= 11 is 0. The number of ketones is 1. The van der Waals surface area contributed by atoms with Crippen molar-refractivity contribution in [1.82, 2.24) is 4.98 Å². The third-order valence-electron chi connectivity index (χ3n) is 3.14. The zero-order chi connectivity index (χ0) is 14.8. The molecular formula is C16H14N2O3. The Hall–Kier alpha value is -2.82. The number of carbonyl (C=O) groups excluding carboxylic acids is 1. The molecule has 106 valence electrons. The van der Waals surface area contributed by atoms with Crippen LogP contribution in [0.3, 0.4) is 0 Å². The first kappa shape index (κ1) is 13.2. The summed E-state index contributed by atoms with van der Waals surface area (Å²) in [6, 6.07) is 13.2. The quantitative estimate of drug-likeness (QED) is 0.743. The van der Waals surface area contributed by atoms with Gasteiger partial charge in [0.25, 0.3) is 6.01 Å². The van der Waals surface area contributed by atoms with Crippen molar-refractivity contribution in [3.05, 3.63) is 53.6 Å². The van der Waals surface area contributed by atoms with Crippen LogP contribution in [0.5, 0.6) is 5.75 Å². The standard InChI is InChI=1S/C16H14N2O3/c1-10(19)12-7-8-13(14-15(12)21-16(17)18-14)20-9-11-5-3-2-4-6-11/h2-8H,9H2,1H3,(H2,17,18). The Morgan fingerprint density at radius 2 is 2.00 bits per heavy atom. The number of nitrogens with two attached hydrogens (primary N) is 1. The minimum absolute atomic E-state index is 0.0169. The summed E-state index contributed by atoms with van der Waals surface area (Å²) in [5.41, 5.74) is 7.91. The number of hydrogen-bond acceptors (Lipinski definition) is 5. The van der Waals surface area contributed by atoms with Gasteiger partial charge in [0.05, 0.1) is 5.56 Å². The van der Waals surface area contributed by atoms with Gasteiger partial charge in [0.15, 0.2) is 16.9 Å². The summed E-state index contributed by atoms with van der Waals surface area (Å²) in [7, 11) is 0. The van der Waals surface area contributed by atoms with E-state index >= 15 is 0 Å². The fourth-order valence-corrected chi connectivity index (χ4v) is 2.13. The number of ether oxygens (including phenoxy) is 1. The van der Waals surface area contributed by atoms with Crippen LogP contribution in [0.15, 0.2) is 46.9 Å². The number of benzene rings is 2. The Kier molecular flexibility index (Phi) is 3.31. The van der Waals surface area contributed by atoms with Gasteiger partial charge in [-0.3, -0.25) is 4.79 Å². The summed E-state index contributed by atoms with van der Waals surface area (Å²) < 4.78 is 11.1. The van der Waals surface area contributed by atoms with E-state index in [1.807, 2.05) is 30.3 Å². The van der Waals surface area contributed by atoms with E-state index in [0.717, 1.165) is 5.56 Å². The fourth-order valence-electron chi connectivity index (χ4n) is 2.13.